The average molecular weight is 298 g/mol. The first-order valence-corrected chi connectivity index (χ1v) is 6.37. The molecule has 0 spiro atoms. The molecule has 1 saturated heterocycles. The molecule has 1 saturated carbocycles. The SMILES string of the molecule is O=[N+]([O-])c1cc(Br)ccc1NC1C2CNCC21. The van der Waals surface area contributed by atoms with E-state index >= 15 is 0 Å². The second-order valence-electron chi connectivity index (χ2n) is 4.57. The molecule has 1 heterocycles. The van der Waals surface area contributed by atoms with Crippen LogP contribution in [0.15, 0.2) is 22.7 Å². The monoisotopic (exact) mass is 297 g/mol. The number of hydrogen-bond donors (Lipinski definition) is 2. The van der Waals surface area contributed by atoms with Crippen LogP contribution < -0.4 is 10.6 Å². The van der Waals surface area contributed by atoms with Crippen molar-refractivity contribution in [2.75, 3.05) is 18.4 Å². The van der Waals surface area contributed by atoms with Gasteiger partial charge in [-0.05, 0) is 24.0 Å². The zero-order valence-electron chi connectivity index (χ0n) is 9.02. The van der Waals surface area contributed by atoms with Crippen molar-refractivity contribution in [3.63, 3.8) is 0 Å². The van der Waals surface area contributed by atoms with E-state index in [1.807, 2.05) is 6.07 Å². The van der Waals surface area contributed by atoms with Crippen LogP contribution in [0, 0.1) is 22.0 Å². The van der Waals surface area contributed by atoms with Gasteiger partial charge in [-0.25, -0.2) is 0 Å². The summed E-state index contributed by atoms with van der Waals surface area (Å²) in [4.78, 5) is 10.6. The Balaban J connectivity index is 1.81. The number of halogens is 1. The van der Waals surface area contributed by atoms with Crippen molar-refractivity contribution in [1.82, 2.24) is 5.32 Å². The normalized spacial score (nSPS) is 29.8. The van der Waals surface area contributed by atoms with E-state index in [9.17, 15) is 10.1 Å². The maximum atomic E-state index is 11.0. The molecule has 1 aromatic rings. The Labute approximate surface area is 107 Å². The zero-order valence-corrected chi connectivity index (χ0v) is 10.6. The van der Waals surface area contributed by atoms with Crippen molar-refractivity contribution < 1.29 is 4.92 Å². The zero-order chi connectivity index (χ0) is 12.0. The number of nitrogens with one attached hydrogen (secondary N) is 2. The first kappa shape index (κ1) is 11.0. The average Bonchev–Trinajstić information content (AvgIpc) is 2.75. The largest absolute Gasteiger partial charge is 0.376 e. The molecule has 90 valence electrons. The van der Waals surface area contributed by atoms with Crippen LogP contribution in [0.25, 0.3) is 0 Å². The van der Waals surface area contributed by atoms with Gasteiger partial charge in [-0.3, -0.25) is 10.1 Å². The molecule has 17 heavy (non-hydrogen) atoms. The van der Waals surface area contributed by atoms with Gasteiger partial charge in [-0.2, -0.15) is 0 Å². The molecule has 1 aliphatic carbocycles. The number of anilines is 1. The molecule has 0 aromatic heterocycles. The predicted molar refractivity (Wildman–Crippen MR) is 68.1 cm³/mol. The number of hydrogen-bond acceptors (Lipinski definition) is 4. The summed E-state index contributed by atoms with van der Waals surface area (Å²) in [6, 6.07) is 5.53. The summed E-state index contributed by atoms with van der Waals surface area (Å²) in [6.07, 6.45) is 0. The van der Waals surface area contributed by atoms with Crippen molar-refractivity contribution in [2.45, 2.75) is 6.04 Å². The molecule has 3 rings (SSSR count). The molecule has 2 atom stereocenters. The number of rotatable bonds is 3. The Kier molecular flexibility index (Phi) is 2.56. The molecule has 0 radical (unpaired) electrons. The van der Waals surface area contributed by atoms with E-state index in [-0.39, 0.29) is 10.6 Å². The highest BCUT2D eigenvalue weighted by Crippen LogP contribution is 2.45. The quantitative estimate of drug-likeness (QED) is 0.661. The predicted octanol–water partition coefficient (Wildman–Crippen LogP) is 1.99. The highest BCUT2D eigenvalue weighted by Gasteiger charge is 2.53. The number of nitro benzene ring substituents is 1. The molecule has 1 aromatic carbocycles. The van der Waals surface area contributed by atoms with E-state index < -0.39 is 0 Å². The van der Waals surface area contributed by atoms with Crippen LogP contribution in [-0.4, -0.2) is 24.1 Å². The minimum Gasteiger partial charge on any atom is -0.376 e. The summed E-state index contributed by atoms with van der Waals surface area (Å²) in [5, 5.41) is 17.6. The Bertz CT molecular complexity index is 470. The highest BCUT2D eigenvalue weighted by molar-refractivity contribution is 9.10. The first-order chi connectivity index (χ1) is 8.16. The molecular formula is C11H12BrN3O2. The van der Waals surface area contributed by atoms with Crippen molar-refractivity contribution in [1.29, 1.82) is 0 Å². The number of nitrogens with zero attached hydrogens (tertiary/aromatic N) is 1. The standard InChI is InChI=1S/C11H12BrN3O2/c12-6-1-2-9(10(3-6)15(16)17)14-11-7-4-13-5-8(7)11/h1-3,7-8,11,13-14H,4-5H2. The molecule has 1 aliphatic heterocycles. The van der Waals surface area contributed by atoms with Crippen LogP contribution in [0.1, 0.15) is 0 Å². The maximum absolute atomic E-state index is 11.0. The Hall–Kier alpha value is -1.14. The lowest BCUT2D eigenvalue weighted by atomic mass is 10.2. The molecule has 6 heteroatoms. The van der Waals surface area contributed by atoms with Crippen LogP contribution in [0.4, 0.5) is 11.4 Å². The van der Waals surface area contributed by atoms with Crippen molar-refractivity contribution in [3.8, 4) is 0 Å². The van der Waals surface area contributed by atoms with Gasteiger partial charge in [0.25, 0.3) is 5.69 Å². The molecule has 0 bridgehead atoms. The van der Waals surface area contributed by atoms with Crippen LogP contribution in [0.2, 0.25) is 0 Å². The summed E-state index contributed by atoms with van der Waals surface area (Å²) in [7, 11) is 0. The number of benzene rings is 1. The van der Waals surface area contributed by atoms with Crippen LogP contribution in [-0.2, 0) is 0 Å². The third kappa shape index (κ3) is 1.91. The summed E-state index contributed by atoms with van der Waals surface area (Å²) < 4.78 is 0.729. The summed E-state index contributed by atoms with van der Waals surface area (Å²) in [5.41, 5.74) is 0.759. The van der Waals surface area contributed by atoms with E-state index in [0.29, 0.717) is 23.6 Å². The Morgan fingerprint density at radius 3 is 2.76 bits per heavy atom. The van der Waals surface area contributed by atoms with E-state index in [1.54, 1.807) is 12.1 Å². The van der Waals surface area contributed by atoms with Gasteiger partial charge in [-0.15, -0.1) is 0 Å². The van der Waals surface area contributed by atoms with Gasteiger partial charge >= 0.3 is 0 Å². The van der Waals surface area contributed by atoms with Gasteiger partial charge < -0.3 is 10.6 Å². The lowest BCUT2D eigenvalue weighted by molar-refractivity contribution is -0.384. The highest BCUT2D eigenvalue weighted by atomic mass is 79.9. The van der Waals surface area contributed by atoms with E-state index in [0.717, 1.165) is 17.6 Å². The van der Waals surface area contributed by atoms with Crippen LogP contribution in [0.5, 0.6) is 0 Å². The first-order valence-electron chi connectivity index (χ1n) is 5.58. The third-order valence-electron chi connectivity index (χ3n) is 3.57. The van der Waals surface area contributed by atoms with E-state index in [4.69, 9.17) is 0 Å². The van der Waals surface area contributed by atoms with Crippen LogP contribution in [0.3, 0.4) is 0 Å². The minimum absolute atomic E-state index is 0.136. The Morgan fingerprint density at radius 2 is 2.12 bits per heavy atom. The van der Waals surface area contributed by atoms with Gasteiger partial charge in [0.15, 0.2) is 0 Å². The Morgan fingerprint density at radius 1 is 1.41 bits per heavy atom. The second kappa shape index (κ2) is 3.96. The van der Waals surface area contributed by atoms with Crippen molar-refractivity contribution >= 4 is 27.3 Å². The van der Waals surface area contributed by atoms with Crippen molar-refractivity contribution in [2.24, 2.45) is 11.8 Å². The number of nitro groups is 1. The maximum Gasteiger partial charge on any atom is 0.293 e. The number of piperidine rings is 1. The van der Waals surface area contributed by atoms with E-state index in [1.165, 1.54) is 0 Å². The van der Waals surface area contributed by atoms with Gasteiger partial charge in [-0.1, -0.05) is 15.9 Å². The van der Waals surface area contributed by atoms with Crippen LogP contribution >= 0.6 is 15.9 Å². The van der Waals surface area contributed by atoms with E-state index in [2.05, 4.69) is 26.6 Å². The summed E-state index contributed by atoms with van der Waals surface area (Å²) in [6.45, 7) is 2.04. The third-order valence-corrected chi connectivity index (χ3v) is 4.06. The molecule has 2 aliphatic rings. The summed E-state index contributed by atoms with van der Waals surface area (Å²) in [5.74, 6) is 1.27. The smallest absolute Gasteiger partial charge is 0.293 e. The molecular weight excluding hydrogens is 286 g/mol. The second-order valence-corrected chi connectivity index (χ2v) is 5.49. The fraction of sp³-hybridized carbons (Fsp3) is 0.455. The fourth-order valence-electron chi connectivity index (χ4n) is 2.59. The fourth-order valence-corrected chi connectivity index (χ4v) is 2.94. The van der Waals surface area contributed by atoms with Gasteiger partial charge in [0.1, 0.15) is 5.69 Å². The molecule has 0 amide bonds. The molecule has 2 unspecified atom stereocenters. The topological polar surface area (TPSA) is 67.2 Å². The summed E-state index contributed by atoms with van der Waals surface area (Å²) >= 11 is 3.25. The lowest BCUT2D eigenvalue weighted by Crippen LogP contribution is -2.21. The van der Waals surface area contributed by atoms with Gasteiger partial charge in [0, 0.05) is 29.7 Å². The lowest BCUT2D eigenvalue weighted by Gasteiger charge is -2.09. The van der Waals surface area contributed by atoms with Gasteiger partial charge in [0.2, 0.25) is 0 Å². The molecule has 5 nitrogen and oxygen atoms in total. The molecule has 2 fully saturated rings. The van der Waals surface area contributed by atoms with Crippen molar-refractivity contribution in [3.05, 3.63) is 32.8 Å². The van der Waals surface area contributed by atoms with Gasteiger partial charge in [0.05, 0.1) is 4.92 Å². The number of fused-ring (bicyclic) bond motifs is 1. The minimum atomic E-state index is -0.344. The molecule has 2 N–H and O–H groups in total.